The maximum atomic E-state index is 13.7. The number of hydrogen-bond donors (Lipinski definition) is 1. The average Bonchev–Trinajstić information content (AvgIpc) is 3.55. The number of nitrogens with zero attached hydrogens (tertiary/aromatic N) is 8. The van der Waals surface area contributed by atoms with Gasteiger partial charge in [0.25, 0.3) is 5.56 Å². The van der Waals surface area contributed by atoms with E-state index in [2.05, 4.69) is 30.7 Å². The van der Waals surface area contributed by atoms with Crippen LogP contribution in [0.15, 0.2) is 66.1 Å². The van der Waals surface area contributed by atoms with E-state index in [9.17, 15) is 9.59 Å². The molecule has 1 amide bonds. The second kappa shape index (κ2) is 10.9. The number of aromatic nitrogens is 8. The Labute approximate surface area is 244 Å². The highest BCUT2D eigenvalue weighted by atomic mass is 35.5. The second-order valence-electron chi connectivity index (χ2n) is 10.0. The average molecular weight is 590 g/mol. The Balaban J connectivity index is 1.44. The molecule has 11 nitrogen and oxygen atoms in total. The van der Waals surface area contributed by atoms with E-state index in [1.54, 1.807) is 59.4 Å². The molecule has 0 spiro atoms. The van der Waals surface area contributed by atoms with Gasteiger partial charge in [-0.25, -0.2) is 9.67 Å². The minimum Gasteiger partial charge on any atom is -0.323 e. The molecule has 1 N–H and O–H groups in total. The van der Waals surface area contributed by atoms with Crippen molar-refractivity contribution in [3.05, 3.63) is 87.4 Å². The predicted molar refractivity (Wildman–Crippen MR) is 155 cm³/mol. The molecule has 0 fully saturated rings. The van der Waals surface area contributed by atoms with Gasteiger partial charge in [-0.3, -0.25) is 23.8 Å². The first-order valence-corrected chi connectivity index (χ1v) is 13.8. The smallest absolute Gasteiger partial charge is 0.254 e. The SMILES string of the molecule is CC1CCCC(n2cnc(-c3cc(Cl)ccc3-n3cc(Cl)nn3)cc2=O)c2ccnc(c2)-c2c(cnn2C)NC1=O. The fourth-order valence-corrected chi connectivity index (χ4v) is 5.45. The Kier molecular flexibility index (Phi) is 7.14. The van der Waals surface area contributed by atoms with Crippen LogP contribution in [0.3, 0.4) is 0 Å². The minimum absolute atomic E-state index is 0.0817. The summed E-state index contributed by atoms with van der Waals surface area (Å²) in [5.41, 5.74) is 4.26. The first kappa shape index (κ1) is 26.9. The number of amides is 1. The van der Waals surface area contributed by atoms with E-state index in [1.807, 2.05) is 19.1 Å². The lowest BCUT2D eigenvalue weighted by molar-refractivity contribution is -0.119. The van der Waals surface area contributed by atoms with Gasteiger partial charge < -0.3 is 5.32 Å². The Morgan fingerprint density at radius 1 is 1.02 bits per heavy atom. The topological polar surface area (TPSA) is 125 Å². The maximum Gasteiger partial charge on any atom is 0.254 e. The van der Waals surface area contributed by atoms with Crippen LogP contribution in [-0.4, -0.2) is 45.2 Å². The fraction of sp³-hybridized carbons (Fsp3) is 0.250. The molecule has 0 saturated carbocycles. The molecule has 0 saturated heterocycles. The van der Waals surface area contributed by atoms with Gasteiger partial charge >= 0.3 is 0 Å². The van der Waals surface area contributed by atoms with E-state index < -0.39 is 0 Å². The Bertz CT molecular complexity index is 1830. The summed E-state index contributed by atoms with van der Waals surface area (Å²) in [4.78, 5) is 35.8. The van der Waals surface area contributed by atoms with Crippen molar-refractivity contribution >= 4 is 34.8 Å². The standard InChI is InChI=1S/C28H25Cl2N9O2/c1-16-4-3-5-23(17-8-9-31-21(10-17)27-22(34-28(16)41)13-33-37(27)2)38-15-32-20(12-26(38)40)19-11-18(29)6-7-24(19)39-14-25(30)35-36-39/h6-16,23H,3-5H2,1-2H3,(H,34,41). The molecule has 6 rings (SSSR count). The Hall–Kier alpha value is -4.35. The van der Waals surface area contributed by atoms with Crippen molar-refractivity contribution in [2.75, 3.05) is 5.32 Å². The van der Waals surface area contributed by atoms with Gasteiger partial charge in [0.15, 0.2) is 5.15 Å². The second-order valence-corrected chi connectivity index (χ2v) is 10.8. The minimum atomic E-state index is -0.329. The summed E-state index contributed by atoms with van der Waals surface area (Å²) in [7, 11) is 1.80. The lowest BCUT2D eigenvalue weighted by atomic mass is 9.95. The van der Waals surface area contributed by atoms with Crippen LogP contribution < -0.4 is 10.9 Å². The van der Waals surface area contributed by atoms with Crippen LogP contribution in [0.5, 0.6) is 0 Å². The number of nitrogens with one attached hydrogen (secondary N) is 1. The number of pyridine rings is 1. The van der Waals surface area contributed by atoms with Crippen molar-refractivity contribution in [1.82, 2.24) is 39.3 Å². The maximum absolute atomic E-state index is 13.7. The van der Waals surface area contributed by atoms with Gasteiger partial charge in [-0.1, -0.05) is 41.8 Å². The highest BCUT2D eigenvalue weighted by Gasteiger charge is 2.24. The van der Waals surface area contributed by atoms with Crippen LogP contribution in [0, 0.1) is 5.92 Å². The van der Waals surface area contributed by atoms with Crippen LogP contribution >= 0.6 is 23.2 Å². The van der Waals surface area contributed by atoms with Gasteiger partial charge in [0.2, 0.25) is 5.91 Å². The van der Waals surface area contributed by atoms with Crippen molar-refractivity contribution in [2.24, 2.45) is 13.0 Å². The van der Waals surface area contributed by atoms with Gasteiger partial charge in [0.05, 0.1) is 47.5 Å². The van der Waals surface area contributed by atoms with E-state index in [4.69, 9.17) is 23.2 Å². The van der Waals surface area contributed by atoms with Gasteiger partial charge in [0, 0.05) is 35.8 Å². The summed E-state index contributed by atoms with van der Waals surface area (Å²) in [6, 6.07) is 10.2. The summed E-state index contributed by atoms with van der Waals surface area (Å²) in [5.74, 6) is -0.306. The van der Waals surface area contributed by atoms with E-state index in [-0.39, 0.29) is 28.6 Å². The molecule has 1 aliphatic heterocycles. The van der Waals surface area contributed by atoms with Crippen LogP contribution in [-0.2, 0) is 11.8 Å². The van der Waals surface area contributed by atoms with Crippen LogP contribution in [0.2, 0.25) is 10.2 Å². The third-order valence-corrected chi connectivity index (χ3v) is 7.70. The third kappa shape index (κ3) is 5.25. The van der Waals surface area contributed by atoms with Gasteiger partial charge in [0.1, 0.15) is 5.69 Å². The zero-order chi connectivity index (χ0) is 28.7. The molecule has 208 valence electrons. The highest BCUT2D eigenvalue weighted by molar-refractivity contribution is 6.31. The molecule has 0 aliphatic carbocycles. The van der Waals surface area contributed by atoms with Crippen molar-refractivity contribution in [1.29, 1.82) is 0 Å². The molecule has 4 aromatic heterocycles. The molecule has 5 heterocycles. The molecule has 2 bridgehead atoms. The molecule has 0 radical (unpaired) electrons. The number of carbonyl (C=O) groups is 1. The van der Waals surface area contributed by atoms with E-state index in [0.717, 1.165) is 12.0 Å². The summed E-state index contributed by atoms with van der Waals surface area (Å²) in [5, 5.41) is 16.0. The number of fused-ring (bicyclic) bond motifs is 4. The molecule has 1 aromatic carbocycles. The predicted octanol–water partition coefficient (Wildman–Crippen LogP) is 4.94. The van der Waals surface area contributed by atoms with Crippen molar-refractivity contribution < 1.29 is 4.79 Å². The zero-order valence-corrected chi connectivity index (χ0v) is 23.7. The zero-order valence-electron chi connectivity index (χ0n) is 22.2. The Morgan fingerprint density at radius 2 is 1.88 bits per heavy atom. The molecule has 13 heteroatoms. The summed E-state index contributed by atoms with van der Waals surface area (Å²) in [6.07, 6.45) is 8.45. The van der Waals surface area contributed by atoms with Crippen molar-refractivity contribution in [2.45, 2.75) is 32.2 Å². The molecule has 1 aliphatic rings. The fourth-order valence-electron chi connectivity index (χ4n) is 5.15. The first-order chi connectivity index (χ1) is 19.8. The quantitative estimate of drug-likeness (QED) is 0.316. The third-order valence-electron chi connectivity index (χ3n) is 7.29. The molecular weight excluding hydrogens is 565 g/mol. The van der Waals surface area contributed by atoms with Crippen LogP contribution in [0.25, 0.3) is 28.3 Å². The van der Waals surface area contributed by atoms with Crippen LogP contribution in [0.1, 0.15) is 37.8 Å². The van der Waals surface area contributed by atoms with Gasteiger partial charge in [-0.15, -0.1) is 5.10 Å². The first-order valence-electron chi connectivity index (χ1n) is 13.0. The monoisotopic (exact) mass is 589 g/mol. The number of benzene rings is 1. The molecule has 5 aromatic rings. The molecular formula is C28H25Cl2N9O2. The van der Waals surface area contributed by atoms with Crippen molar-refractivity contribution in [3.63, 3.8) is 0 Å². The molecule has 2 unspecified atom stereocenters. The summed E-state index contributed by atoms with van der Waals surface area (Å²) < 4.78 is 4.82. The normalized spacial score (nSPS) is 17.3. The number of halogens is 2. The number of rotatable bonds is 3. The number of carbonyl (C=O) groups excluding carboxylic acids is 1. The van der Waals surface area contributed by atoms with Gasteiger partial charge in [-0.05, 0) is 48.7 Å². The van der Waals surface area contributed by atoms with E-state index in [0.29, 0.717) is 51.9 Å². The molecule has 41 heavy (non-hydrogen) atoms. The Morgan fingerprint density at radius 3 is 2.66 bits per heavy atom. The lowest BCUT2D eigenvalue weighted by Gasteiger charge is -2.23. The van der Waals surface area contributed by atoms with Crippen molar-refractivity contribution in [3.8, 4) is 28.3 Å². The largest absolute Gasteiger partial charge is 0.323 e. The van der Waals surface area contributed by atoms with Crippen LogP contribution in [0.4, 0.5) is 5.69 Å². The number of anilines is 1. The summed E-state index contributed by atoms with van der Waals surface area (Å²) >= 11 is 12.3. The highest BCUT2D eigenvalue weighted by Crippen LogP contribution is 2.33. The lowest BCUT2D eigenvalue weighted by Crippen LogP contribution is -2.26. The summed E-state index contributed by atoms with van der Waals surface area (Å²) in [6.45, 7) is 1.90. The number of hydrogen-bond acceptors (Lipinski definition) is 7. The van der Waals surface area contributed by atoms with E-state index >= 15 is 0 Å². The van der Waals surface area contributed by atoms with Gasteiger partial charge in [-0.2, -0.15) is 5.10 Å². The molecule has 2 atom stereocenters. The van der Waals surface area contributed by atoms with E-state index in [1.165, 1.54) is 10.7 Å². The number of aryl methyl sites for hydroxylation is 1.